The van der Waals surface area contributed by atoms with Gasteiger partial charge in [0, 0.05) is 26.9 Å². The van der Waals surface area contributed by atoms with Gasteiger partial charge >= 0.3 is 0 Å². The first kappa shape index (κ1) is 21.5. The van der Waals surface area contributed by atoms with E-state index < -0.39 is 0 Å². The molecule has 0 bridgehead atoms. The number of hydrogen-bond acceptors (Lipinski definition) is 4. The van der Waals surface area contributed by atoms with Crippen LogP contribution in [0.25, 0.3) is 0 Å². The highest BCUT2D eigenvalue weighted by Gasteiger charge is 2.10. The van der Waals surface area contributed by atoms with E-state index in [0.717, 1.165) is 66.4 Å². The molecule has 2 rings (SSSR count). The van der Waals surface area contributed by atoms with Crippen molar-refractivity contribution in [3.63, 3.8) is 0 Å². The maximum absolute atomic E-state index is 10.7. The molecule has 0 radical (unpaired) electrons. The van der Waals surface area contributed by atoms with Crippen molar-refractivity contribution >= 4 is 35.2 Å². The predicted octanol–water partition coefficient (Wildman–Crippen LogP) is 3.76. The molecule has 0 aliphatic carbocycles. The molecule has 0 aliphatic rings. The van der Waals surface area contributed by atoms with E-state index in [1.54, 1.807) is 6.20 Å². The molecule has 25 heavy (non-hydrogen) atoms. The molecule has 0 N–H and O–H groups in total. The SMILES string of the molecule is CCCCc1nc(I)c(C=O)n1C.CCCCc1ncc(C=O)n1C. The Balaban J connectivity index is 0.000000251. The highest BCUT2D eigenvalue weighted by atomic mass is 127. The van der Waals surface area contributed by atoms with Gasteiger partial charge in [0.2, 0.25) is 0 Å². The summed E-state index contributed by atoms with van der Waals surface area (Å²) in [6.07, 6.45) is 9.80. The van der Waals surface area contributed by atoms with Gasteiger partial charge in [-0.1, -0.05) is 26.7 Å². The summed E-state index contributed by atoms with van der Waals surface area (Å²) in [5.41, 5.74) is 1.34. The highest BCUT2D eigenvalue weighted by Crippen LogP contribution is 2.12. The number of aromatic nitrogens is 4. The Morgan fingerprint density at radius 2 is 1.60 bits per heavy atom. The second-order valence-corrected chi connectivity index (χ2v) is 6.89. The van der Waals surface area contributed by atoms with E-state index in [1.165, 1.54) is 0 Å². The summed E-state index contributed by atoms with van der Waals surface area (Å²) in [5, 5.41) is 0. The molecule has 0 aliphatic heterocycles. The smallest absolute Gasteiger partial charge is 0.169 e. The molecular formula is C18H27IN4O2. The first-order valence-electron chi connectivity index (χ1n) is 8.62. The lowest BCUT2D eigenvalue weighted by atomic mass is 10.2. The summed E-state index contributed by atoms with van der Waals surface area (Å²) in [6.45, 7) is 4.29. The number of carbonyl (C=O) groups is 2. The molecule has 0 aromatic carbocycles. The summed E-state index contributed by atoms with van der Waals surface area (Å²) >= 11 is 2.10. The average Bonchev–Trinajstić information content (AvgIpc) is 3.10. The molecule has 0 fully saturated rings. The van der Waals surface area contributed by atoms with Gasteiger partial charge in [0.1, 0.15) is 26.7 Å². The van der Waals surface area contributed by atoms with E-state index in [1.807, 2.05) is 23.2 Å². The van der Waals surface area contributed by atoms with Crippen LogP contribution < -0.4 is 0 Å². The molecule has 2 heterocycles. The van der Waals surface area contributed by atoms with Crippen molar-refractivity contribution in [3.8, 4) is 0 Å². The zero-order chi connectivity index (χ0) is 18.8. The van der Waals surface area contributed by atoms with Crippen LogP contribution >= 0.6 is 22.6 Å². The Kier molecular flexibility index (Phi) is 9.62. The van der Waals surface area contributed by atoms with Crippen molar-refractivity contribution in [3.05, 3.63) is 32.9 Å². The standard InChI is InChI=1S/C9H13IN2O.C9H14N2O/c1-3-4-5-8-11-9(10)7(6-13)12(8)2;1-3-4-5-9-10-6-8(7-12)11(9)2/h6H,3-5H2,1-2H3;6-7H,3-5H2,1-2H3. The molecular weight excluding hydrogens is 431 g/mol. The fourth-order valence-corrected chi connectivity index (χ4v) is 3.12. The minimum absolute atomic E-state index is 0.654. The number of nitrogens with zero attached hydrogens (tertiary/aromatic N) is 4. The minimum atomic E-state index is 0.654. The third kappa shape index (κ3) is 6.05. The fourth-order valence-electron chi connectivity index (χ4n) is 2.35. The van der Waals surface area contributed by atoms with Gasteiger partial charge in [-0.2, -0.15) is 0 Å². The average molecular weight is 458 g/mol. The number of aldehydes is 2. The van der Waals surface area contributed by atoms with Crippen LogP contribution in [0.4, 0.5) is 0 Å². The quantitative estimate of drug-likeness (QED) is 0.446. The van der Waals surface area contributed by atoms with Crippen molar-refractivity contribution in [1.82, 2.24) is 19.1 Å². The number of halogens is 1. The van der Waals surface area contributed by atoms with E-state index in [4.69, 9.17) is 0 Å². The highest BCUT2D eigenvalue weighted by molar-refractivity contribution is 14.1. The van der Waals surface area contributed by atoms with Crippen LogP contribution in [0.15, 0.2) is 6.20 Å². The number of aryl methyl sites for hydroxylation is 2. The van der Waals surface area contributed by atoms with Crippen LogP contribution in [0.5, 0.6) is 0 Å². The third-order valence-corrected chi connectivity index (χ3v) is 4.84. The Morgan fingerprint density at radius 3 is 2.04 bits per heavy atom. The Morgan fingerprint density at radius 1 is 1.00 bits per heavy atom. The molecule has 6 nitrogen and oxygen atoms in total. The van der Waals surface area contributed by atoms with Crippen molar-refractivity contribution in [2.24, 2.45) is 14.1 Å². The molecule has 138 valence electrons. The summed E-state index contributed by atoms with van der Waals surface area (Å²) < 4.78 is 4.54. The third-order valence-electron chi connectivity index (χ3n) is 4.05. The normalized spacial score (nSPS) is 10.3. The van der Waals surface area contributed by atoms with Gasteiger partial charge in [0.05, 0.1) is 6.20 Å². The Bertz CT molecular complexity index is 692. The first-order chi connectivity index (χ1) is 12.0. The van der Waals surface area contributed by atoms with Gasteiger partial charge in [-0.3, -0.25) is 9.59 Å². The number of carbonyl (C=O) groups excluding carboxylic acids is 2. The van der Waals surface area contributed by atoms with Crippen molar-refractivity contribution < 1.29 is 9.59 Å². The summed E-state index contributed by atoms with van der Waals surface area (Å²) in [5.74, 6) is 2.01. The summed E-state index contributed by atoms with van der Waals surface area (Å²) in [7, 11) is 3.77. The first-order valence-corrected chi connectivity index (χ1v) is 9.69. The van der Waals surface area contributed by atoms with Crippen molar-refractivity contribution in [2.75, 3.05) is 0 Å². The summed E-state index contributed by atoms with van der Waals surface area (Å²) in [4.78, 5) is 29.6. The van der Waals surface area contributed by atoms with E-state index >= 15 is 0 Å². The monoisotopic (exact) mass is 458 g/mol. The molecule has 0 unspecified atom stereocenters. The van der Waals surface area contributed by atoms with Crippen molar-refractivity contribution in [1.29, 1.82) is 0 Å². The molecule has 0 spiro atoms. The van der Waals surface area contributed by atoms with Gasteiger partial charge in [-0.25, -0.2) is 9.97 Å². The largest absolute Gasteiger partial charge is 0.329 e. The zero-order valence-electron chi connectivity index (χ0n) is 15.5. The molecule has 0 saturated carbocycles. The maximum Gasteiger partial charge on any atom is 0.169 e. The fraction of sp³-hybridized carbons (Fsp3) is 0.556. The van der Waals surface area contributed by atoms with Crippen LogP contribution in [0.3, 0.4) is 0 Å². The lowest BCUT2D eigenvalue weighted by Crippen LogP contribution is -2.01. The lowest BCUT2D eigenvalue weighted by Gasteiger charge is -2.00. The molecule has 7 heteroatoms. The van der Waals surface area contributed by atoms with Crippen LogP contribution in [0.1, 0.15) is 72.2 Å². The van der Waals surface area contributed by atoms with Gasteiger partial charge in [0.25, 0.3) is 0 Å². The number of imidazole rings is 2. The molecule has 2 aromatic rings. The van der Waals surface area contributed by atoms with Gasteiger partial charge < -0.3 is 9.13 Å². The van der Waals surface area contributed by atoms with Crippen molar-refractivity contribution in [2.45, 2.75) is 52.4 Å². The van der Waals surface area contributed by atoms with Crippen LogP contribution in [-0.4, -0.2) is 31.7 Å². The lowest BCUT2D eigenvalue weighted by molar-refractivity contribution is 0.110. The van der Waals surface area contributed by atoms with Gasteiger partial charge in [0.15, 0.2) is 12.6 Å². The molecule has 2 aromatic heterocycles. The summed E-state index contributed by atoms with van der Waals surface area (Å²) in [6, 6.07) is 0. The topological polar surface area (TPSA) is 69.8 Å². The van der Waals surface area contributed by atoms with E-state index in [9.17, 15) is 9.59 Å². The number of rotatable bonds is 8. The Labute approximate surface area is 163 Å². The second-order valence-electron chi connectivity index (χ2n) is 5.86. The van der Waals surface area contributed by atoms with E-state index in [2.05, 4.69) is 46.4 Å². The van der Waals surface area contributed by atoms with E-state index in [0.29, 0.717) is 11.4 Å². The van der Waals surface area contributed by atoms with Crippen LogP contribution in [0, 0.1) is 3.70 Å². The minimum Gasteiger partial charge on any atom is -0.329 e. The Hall–Kier alpha value is -1.51. The number of hydrogen-bond donors (Lipinski definition) is 0. The maximum atomic E-state index is 10.7. The molecule has 0 amide bonds. The van der Waals surface area contributed by atoms with Gasteiger partial charge in [-0.15, -0.1) is 0 Å². The molecule has 0 saturated heterocycles. The predicted molar refractivity (Wildman–Crippen MR) is 107 cm³/mol. The number of unbranched alkanes of at least 4 members (excludes halogenated alkanes) is 2. The van der Waals surface area contributed by atoms with Gasteiger partial charge in [-0.05, 0) is 35.4 Å². The van der Waals surface area contributed by atoms with Crippen LogP contribution in [0.2, 0.25) is 0 Å². The zero-order valence-corrected chi connectivity index (χ0v) is 17.6. The van der Waals surface area contributed by atoms with E-state index in [-0.39, 0.29) is 0 Å². The van der Waals surface area contributed by atoms with Crippen LogP contribution in [-0.2, 0) is 26.9 Å². The second kappa shape index (κ2) is 11.2. The molecule has 0 atom stereocenters.